The Morgan fingerprint density at radius 2 is 1.62 bits per heavy atom. The van der Waals surface area contributed by atoms with E-state index >= 15 is 0 Å². The van der Waals surface area contributed by atoms with Gasteiger partial charge in [-0.2, -0.15) is 0 Å². The lowest BCUT2D eigenvalue weighted by Gasteiger charge is -2.29. The van der Waals surface area contributed by atoms with Crippen LogP contribution in [0, 0.1) is 19.8 Å². The summed E-state index contributed by atoms with van der Waals surface area (Å²) in [5.74, 6) is 1.40. The highest BCUT2D eigenvalue weighted by Gasteiger charge is 2.24. The van der Waals surface area contributed by atoms with Gasteiger partial charge in [-0.25, -0.2) is 0 Å². The molecule has 7 heteroatoms. The van der Waals surface area contributed by atoms with Crippen molar-refractivity contribution in [3.63, 3.8) is 0 Å². The quantitative estimate of drug-likeness (QED) is 0.304. The number of hydrogen-bond donors (Lipinski definition) is 0. The summed E-state index contributed by atoms with van der Waals surface area (Å²) in [6.07, 6.45) is 0.659. The van der Waals surface area contributed by atoms with Crippen LogP contribution in [0.5, 0.6) is 11.5 Å². The predicted molar refractivity (Wildman–Crippen MR) is 150 cm³/mol. The third-order valence-electron chi connectivity index (χ3n) is 6.27. The van der Waals surface area contributed by atoms with Crippen LogP contribution in [-0.2, 0) is 17.8 Å². The van der Waals surface area contributed by atoms with Crippen molar-refractivity contribution in [2.75, 3.05) is 33.9 Å². The molecular weight excluding hydrogens is 484 g/mol. The van der Waals surface area contributed by atoms with Gasteiger partial charge in [-0.1, -0.05) is 37.6 Å². The molecule has 0 fully saturated rings. The molecule has 0 atom stereocenters. The van der Waals surface area contributed by atoms with Crippen LogP contribution in [0.15, 0.2) is 53.9 Å². The number of amides is 2. The number of ether oxygens (including phenoxy) is 2. The number of methoxy groups -OCH3 is 2. The molecule has 3 rings (SSSR count). The fraction of sp³-hybridized carbons (Fsp3) is 0.400. The summed E-state index contributed by atoms with van der Waals surface area (Å²) >= 11 is 1.65. The number of nitrogens with zero attached hydrogens (tertiary/aromatic N) is 2. The summed E-state index contributed by atoms with van der Waals surface area (Å²) in [5.41, 5.74) is 3.91. The third kappa shape index (κ3) is 7.83. The number of thiophene rings is 1. The van der Waals surface area contributed by atoms with E-state index in [4.69, 9.17) is 9.47 Å². The SMILES string of the molecule is COc1ccc(CCN(Cc2sccc2C)C(=O)CN(CC(C)C)C(=O)c2ccc(C)cc2)cc1OC. The number of benzene rings is 2. The van der Waals surface area contributed by atoms with Gasteiger partial charge in [0.15, 0.2) is 11.5 Å². The number of carbonyl (C=O) groups excluding carboxylic acids is 2. The smallest absolute Gasteiger partial charge is 0.254 e. The molecule has 1 heterocycles. The summed E-state index contributed by atoms with van der Waals surface area (Å²) in [7, 11) is 3.23. The average molecular weight is 523 g/mol. The summed E-state index contributed by atoms with van der Waals surface area (Å²) < 4.78 is 10.8. The lowest BCUT2D eigenvalue weighted by atomic mass is 10.1. The van der Waals surface area contributed by atoms with Crippen molar-refractivity contribution in [2.45, 2.75) is 40.7 Å². The Bertz CT molecular complexity index is 1190. The highest BCUT2D eigenvalue weighted by molar-refractivity contribution is 7.10. The van der Waals surface area contributed by atoms with Gasteiger partial charge in [0.1, 0.15) is 6.54 Å². The molecule has 0 unspecified atom stereocenters. The molecule has 1 aromatic heterocycles. The molecular formula is C30H38N2O4S. The molecule has 0 saturated carbocycles. The van der Waals surface area contributed by atoms with E-state index in [9.17, 15) is 9.59 Å². The summed E-state index contributed by atoms with van der Waals surface area (Å²) in [5, 5.41) is 2.05. The Hall–Kier alpha value is -3.32. The number of rotatable bonds is 12. The molecule has 0 radical (unpaired) electrons. The molecule has 3 aromatic rings. The van der Waals surface area contributed by atoms with Crippen LogP contribution in [0.1, 0.15) is 45.8 Å². The minimum atomic E-state index is -0.116. The number of carbonyl (C=O) groups is 2. The van der Waals surface area contributed by atoms with Crippen LogP contribution in [-0.4, -0.2) is 55.5 Å². The minimum absolute atomic E-state index is 0.0429. The monoisotopic (exact) mass is 522 g/mol. The molecule has 0 aliphatic heterocycles. The maximum atomic E-state index is 13.7. The summed E-state index contributed by atoms with van der Waals surface area (Å²) in [6, 6.07) is 15.4. The molecule has 0 bridgehead atoms. The molecule has 0 spiro atoms. The zero-order valence-electron chi connectivity index (χ0n) is 22.7. The van der Waals surface area contributed by atoms with E-state index < -0.39 is 0 Å². The Kier molecular flexibility index (Phi) is 10.1. The van der Waals surface area contributed by atoms with Gasteiger partial charge in [-0.3, -0.25) is 9.59 Å². The minimum Gasteiger partial charge on any atom is -0.493 e. The summed E-state index contributed by atoms with van der Waals surface area (Å²) in [6.45, 7) is 9.78. The third-order valence-corrected chi connectivity index (χ3v) is 7.28. The molecule has 0 aliphatic rings. The molecule has 2 aromatic carbocycles. The molecule has 198 valence electrons. The van der Waals surface area contributed by atoms with Crippen LogP contribution in [0.25, 0.3) is 0 Å². The zero-order valence-corrected chi connectivity index (χ0v) is 23.6. The van der Waals surface area contributed by atoms with Crippen molar-refractivity contribution in [3.05, 3.63) is 81.0 Å². The van der Waals surface area contributed by atoms with Gasteiger partial charge in [0.2, 0.25) is 5.91 Å². The van der Waals surface area contributed by atoms with E-state index in [0.29, 0.717) is 43.1 Å². The molecule has 0 saturated heterocycles. The van der Waals surface area contributed by atoms with Crippen LogP contribution < -0.4 is 9.47 Å². The van der Waals surface area contributed by atoms with Gasteiger partial charge < -0.3 is 19.3 Å². The van der Waals surface area contributed by atoms with E-state index in [1.54, 1.807) is 30.5 Å². The normalized spacial score (nSPS) is 10.9. The van der Waals surface area contributed by atoms with Gasteiger partial charge in [-0.05, 0) is 73.0 Å². The van der Waals surface area contributed by atoms with Crippen molar-refractivity contribution < 1.29 is 19.1 Å². The zero-order chi connectivity index (χ0) is 26.9. The molecule has 37 heavy (non-hydrogen) atoms. The second-order valence-corrected chi connectivity index (χ2v) is 10.7. The number of hydrogen-bond acceptors (Lipinski definition) is 5. The van der Waals surface area contributed by atoms with Gasteiger partial charge in [0, 0.05) is 23.5 Å². The Labute approximate surface area is 224 Å². The maximum Gasteiger partial charge on any atom is 0.254 e. The van der Waals surface area contributed by atoms with Gasteiger partial charge in [0.05, 0.1) is 20.8 Å². The Morgan fingerprint density at radius 3 is 2.22 bits per heavy atom. The largest absolute Gasteiger partial charge is 0.493 e. The standard InChI is InChI=1S/C30H38N2O4S/c1-21(2)18-32(30(34)25-10-7-22(3)8-11-25)20-29(33)31(19-28-23(4)14-16-37-28)15-13-24-9-12-26(35-5)27(17-24)36-6/h7-12,14,16-17,21H,13,15,18-20H2,1-6H3. The number of aryl methyl sites for hydroxylation is 2. The van der Waals surface area contributed by atoms with Gasteiger partial charge >= 0.3 is 0 Å². The van der Waals surface area contributed by atoms with Crippen LogP contribution in [0.4, 0.5) is 0 Å². The highest BCUT2D eigenvalue weighted by Crippen LogP contribution is 2.28. The first kappa shape index (κ1) is 28.3. The van der Waals surface area contributed by atoms with E-state index in [1.807, 2.05) is 59.7 Å². The second-order valence-electron chi connectivity index (χ2n) is 9.73. The van der Waals surface area contributed by atoms with Crippen LogP contribution in [0.3, 0.4) is 0 Å². The van der Waals surface area contributed by atoms with Crippen molar-refractivity contribution in [3.8, 4) is 11.5 Å². The topological polar surface area (TPSA) is 59.1 Å². The first-order valence-corrected chi connectivity index (χ1v) is 13.5. The highest BCUT2D eigenvalue weighted by atomic mass is 32.1. The van der Waals surface area contributed by atoms with Crippen LogP contribution >= 0.6 is 11.3 Å². The first-order valence-electron chi connectivity index (χ1n) is 12.6. The van der Waals surface area contributed by atoms with Crippen LogP contribution in [0.2, 0.25) is 0 Å². The summed E-state index contributed by atoms with van der Waals surface area (Å²) in [4.78, 5) is 31.8. The van der Waals surface area contributed by atoms with E-state index in [2.05, 4.69) is 26.8 Å². The fourth-order valence-corrected chi connectivity index (χ4v) is 5.05. The Balaban J connectivity index is 1.81. The maximum absolute atomic E-state index is 13.7. The molecule has 2 amide bonds. The lowest BCUT2D eigenvalue weighted by molar-refractivity contribution is -0.132. The van der Waals surface area contributed by atoms with E-state index in [-0.39, 0.29) is 24.3 Å². The molecule has 6 nitrogen and oxygen atoms in total. The van der Waals surface area contributed by atoms with Gasteiger partial charge in [-0.15, -0.1) is 11.3 Å². The van der Waals surface area contributed by atoms with E-state index in [0.717, 1.165) is 16.0 Å². The molecule has 0 N–H and O–H groups in total. The Morgan fingerprint density at radius 1 is 0.919 bits per heavy atom. The van der Waals surface area contributed by atoms with Crippen molar-refractivity contribution >= 4 is 23.2 Å². The predicted octanol–water partition coefficient (Wildman–Crippen LogP) is 5.75. The van der Waals surface area contributed by atoms with E-state index in [1.165, 1.54) is 5.56 Å². The molecule has 0 aliphatic carbocycles. The van der Waals surface area contributed by atoms with Crippen molar-refractivity contribution in [2.24, 2.45) is 5.92 Å². The fourth-order valence-electron chi connectivity index (χ4n) is 4.13. The second kappa shape index (κ2) is 13.3. The van der Waals surface area contributed by atoms with Gasteiger partial charge in [0.25, 0.3) is 5.91 Å². The lowest BCUT2D eigenvalue weighted by Crippen LogP contribution is -2.44. The average Bonchev–Trinajstić information content (AvgIpc) is 3.29. The van der Waals surface area contributed by atoms with Crippen molar-refractivity contribution in [1.82, 2.24) is 9.80 Å². The van der Waals surface area contributed by atoms with Crippen molar-refractivity contribution in [1.29, 1.82) is 0 Å². The first-order chi connectivity index (χ1) is 17.7.